The Labute approximate surface area is 127 Å². The Morgan fingerprint density at radius 1 is 1.24 bits per heavy atom. The lowest BCUT2D eigenvalue weighted by Gasteiger charge is -2.10. The van der Waals surface area contributed by atoms with Crippen LogP contribution in [-0.4, -0.2) is 22.6 Å². The lowest BCUT2D eigenvalue weighted by atomic mass is 10.2. The molecule has 108 valence electrons. The van der Waals surface area contributed by atoms with Gasteiger partial charge in [-0.25, -0.2) is 0 Å². The van der Waals surface area contributed by atoms with E-state index in [2.05, 4.69) is 10.3 Å². The van der Waals surface area contributed by atoms with Crippen LogP contribution in [0.25, 0.3) is 0 Å². The third-order valence-corrected chi connectivity index (χ3v) is 3.77. The standard InChI is InChI=1S/C15H15N3O2S/c1-10-6-7-11(8-17-10)15(20)18-12-4-2-3-5-13(12)21-9-14(16)19/h2-8H,9H2,1H3,(H2,16,19)(H,18,20). The monoisotopic (exact) mass is 301 g/mol. The summed E-state index contributed by atoms with van der Waals surface area (Å²) >= 11 is 1.29. The fraction of sp³-hybridized carbons (Fsp3) is 0.133. The minimum atomic E-state index is -0.399. The summed E-state index contributed by atoms with van der Waals surface area (Å²) in [7, 11) is 0. The highest BCUT2D eigenvalue weighted by Crippen LogP contribution is 2.27. The van der Waals surface area contributed by atoms with Gasteiger partial charge in [0.1, 0.15) is 0 Å². The van der Waals surface area contributed by atoms with Gasteiger partial charge in [-0.2, -0.15) is 0 Å². The predicted octanol–water partition coefficient (Wildman–Crippen LogP) is 2.22. The van der Waals surface area contributed by atoms with Crippen molar-refractivity contribution in [2.75, 3.05) is 11.1 Å². The van der Waals surface area contributed by atoms with Gasteiger partial charge in [0.15, 0.2) is 0 Å². The van der Waals surface area contributed by atoms with E-state index in [-0.39, 0.29) is 11.7 Å². The number of pyridine rings is 1. The van der Waals surface area contributed by atoms with Gasteiger partial charge in [-0.1, -0.05) is 12.1 Å². The second-order valence-electron chi connectivity index (χ2n) is 4.39. The molecule has 0 fully saturated rings. The normalized spacial score (nSPS) is 10.1. The molecular weight excluding hydrogens is 286 g/mol. The van der Waals surface area contributed by atoms with Crippen LogP contribution >= 0.6 is 11.8 Å². The van der Waals surface area contributed by atoms with Gasteiger partial charge in [-0.15, -0.1) is 11.8 Å². The summed E-state index contributed by atoms with van der Waals surface area (Å²) in [5.74, 6) is -0.475. The molecule has 1 heterocycles. The zero-order valence-corrected chi connectivity index (χ0v) is 12.3. The van der Waals surface area contributed by atoms with Crippen molar-refractivity contribution < 1.29 is 9.59 Å². The Morgan fingerprint density at radius 2 is 2.00 bits per heavy atom. The van der Waals surface area contributed by atoms with E-state index in [9.17, 15) is 9.59 Å². The van der Waals surface area contributed by atoms with Crippen LogP contribution in [0.3, 0.4) is 0 Å². The van der Waals surface area contributed by atoms with E-state index in [0.29, 0.717) is 11.3 Å². The van der Waals surface area contributed by atoms with Crippen molar-refractivity contribution in [2.45, 2.75) is 11.8 Å². The van der Waals surface area contributed by atoms with E-state index < -0.39 is 5.91 Å². The summed E-state index contributed by atoms with van der Waals surface area (Å²) in [6, 6.07) is 10.8. The number of nitrogens with one attached hydrogen (secondary N) is 1. The zero-order chi connectivity index (χ0) is 15.2. The largest absolute Gasteiger partial charge is 0.369 e. The van der Waals surface area contributed by atoms with Crippen LogP contribution in [0.2, 0.25) is 0 Å². The van der Waals surface area contributed by atoms with Crippen molar-refractivity contribution in [3.05, 3.63) is 53.9 Å². The van der Waals surface area contributed by atoms with Crippen molar-refractivity contribution >= 4 is 29.3 Å². The number of carbonyl (C=O) groups excluding carboxylic acids is 2. The quantitative estimate of drug-likeness (QED) is 0.829. The molecule has 0 unspecified atom stereocenters. The Bertz CT molecular complexity index is 656. The smallest absolute Gasteiger partial charge is 0.257 e. The summed E-state index contributed by atoms with van der Waals surface area (Å²) in [4.78, 5) is 27.9. The number of anilines is 1. The first-order valence-electron chi connectivity index (χ1n) is 6.30. The molecule has 21 heavy (non-hydrogen) atoms. The van der Waals surface area contributed by atoms with Crippen LogP contribution in [0, 0.1) is 6.92 Å². The van der Waals surface area contributed by atoms with E-state index in [4.69, 9.17) is 5.73 Å². The van der Waals surface area contributed by atoms with Gasteiger partial charge >= 0.3 is 0 Å². The van der Waals surface area contributed by atoms with Gasteiger partial charge in [0.05, 0.1) is 17.0 Å². The lowest BCUT2D eigenvalue weighted by molar-refractivity contribution is -0.115. The molecule has 1 aromatic heterocycles. The highest BCUT2D eigenvalue weighted by atomic mass is 32.2. The van der Waals surface area contributed by atoms with E-state index in [1.54, 1.807) is 18.2 Å². The van der Waals surface area contributed by atoms with Crippen molar-refractivity contribution in [1.82, 2.24) is 4.98 Å². The van der Waals surface area contributed by atoms with Gasteiger partial charge < -0.3 is 11.1 Å². The SMILES string of the molecule is Cc1ccc(C(=O)Nc2ccccc2SCC(N)=O)cn1. The number of nitrogens with two attached hydrogens (primary N) is 1. The Kier molecular flexibility index (Phi) is 4.94. The van der Waals surface area contributed by atoms with Crippen LogP contribution in [-0.2, 0) is 4.79 Å². The summed E-state index contributed by atoms with van der Waals surface area (Å²) in [5, 5.41) is 2.82. The molecule has 6 heteroatoms. The maximum absolute atomic E-state index is 12.2. The van der Waals surface area contributed by atoms with Crippen molar-refractivity contribution in [3.63, 3.8) is 0 Å². The number of para-hydroxylation sites is 1. The number of rotatable bonds is 5. The molecule has 0 radical (unpaired) electrons. The number of benzene rings is 1. The molecule has 0 aliphatic heterocycles. The van der Waals surface area contributed by atoms with Crippen LogP contribution < -0.4 is 11.1 Å². The molecule has 3 N–H and O–H groups in total. The molecule has 2 amide bonds. The predicted molar refractivity (Wildman–Crippen MR) is 83.3 cm³/mol. The minimum absolute atomic E-state index is 0.166. The maximum Gasteiger partial charge on any atom is 0.257 e. The first kappa shape index (κ1) is 15.1. The van der Waals surface area contributed by atoms with Crippen LogP contribution in [0.15, 0.2) is 47.5 Å². The third kappa shape index (κ3) is 4.32. The molecule has 0 saturated heterocycles. The number of primary amides is 1. The number of carbonyl (C=O) groups is 2. The Balaban J connectivity index is 2.13. The molecule has 0 aliphatic rings. The third-order valence-electron chi connectivity index (χ3n) is 2.68. The van der Waals surface area contributed by atoms with E-state index >= 15 is 0 Å². The van der Waals surface area contributed by atoms with Gasteiger partial charge in [-0.05, 0) is 31.2 Å². The summed E-state index contributed by atoms with van der Waals surface area (Å²) in [5.41, 5.74) is 7.12. The van der Waals surface area contributed by atoms with Gasteiger partial charge in [-0.3, -0.25) is 14.6 Å². The van der Waals surface area contributed by atoms with Gasteiger partial charge in [0, 0.05) is 16.8 Å². The topological polar surface area (TPSA) is 85.1 Å². The number of hydrogen-bond acceptors (Lipinski definition) is 4. The average molecular weight is 301 g/mol. The molecule has 2 aromatic rings. The average Bonchev–Trinajstić information content (AvgIpc) is 2.47. The van der Waals surface area contributed by atoms with Crippen LogP contribution in [0.5, 0.6) is 0 Å². The fourth-order valence-corrected chi connectivity index (χ4v) is 2.39. The van der Waals surface area contributed by atoms with Crippen molar-refractivity contribution in [2.24, 2.45) is 5.73 Å². The molecule has 5 nitrogen and oxygen atoms in total. The molecule has 0 aliphatic carbocycles. The summed E-state index contributed by atoms with van der Waals surface area (Å²) in [6.45, 7) is 1.86. The highest BCUT2D eigenvalue weighted by molar-refractivity contribution is 8.00. The summed E-state index contributed by atoms with van der Waals surface area (Å²) in [6.07, 6.45) is 1.53. The van der Waals surface area contributed by atoms with Gasteiger partial charge in [0.25, 0.3) is 5.91 Å². The first-order chi connectivity index (χ1) is 10.1. The Hall–Kier alpha value is -2.34. The van der Waals surface area contributed by atoms with E-state index in [0.717, 1.165) is 10.6 Å². The second-order valence-corrected chi connectivity index (χ2v) is 5.41. The van der Waals surface area contributed by atoms with Crippen LogP contribution in [0.4, 0.5) is 5.69 Å². The van der Waals surface area contributed by atoms with Gasteiger partial charge in [0.2, 0.25) is 5.91 Å². The molecule has 2 rings (SSSR count). The van der Waals surface area contributed by atoms with Crippen LogP contribution in [0.1, 0.15) is 16.1 Å². The molecule has 0 saturated carbocycles. The number of hydrogen-bond donors (Lipinski definition) is 2. The first-order valence-corrected chi connectivity index (χ1v) is 7.29. The number of amides is 2. The molecule has 0 spiro atoms. The molecule has 0 bridgehead atoms. The minimum Gasteiger partial charge on any atom is -0.369 e. The highest BCUT2D eigenvalue weighted by Gasteiger charge is 2.10. The van der Waals surface area contributed by atoms with Crippen molar-refractivity contribution in [3.8, 4) is 0 Å². The fourth-order valence-electron chi connectivity index (χ4n) is 1.64. The van der Waals surface area contributed by atoms with E-state index in [1.807, 2.05) is 25.1 Å². The maximum atomic E-state index is 12.2. The lowest BCUT2D eigenvalue weighted by Crippen LogP contribution is -2.15. The summed E-state index contributed by atoms with van der Waals surface area (Å²) < 4.78 is 0. The number of aromatic nitrogens is 1. The van der Waals surface area contributed by atoms with E-state index in [1.165, 1.54) is 18.0 Å². The molecular formula is C15H15N3O2S. The number of nitrogens with zero attached hydrogens (tertiary/aromatic N) is 1. The Morgan fingerprint density at radius 3 is 2.67 bits per heavy atom. The number of thioether (sulfide) groups is 1. The second kappa shape index (κ2) is 6.90. The van der Waals surface area contributed by atoms with Crippen molar-refractivity contribution in [1.29, 1.82) is 0 Å². The number of aryl methyl sites for hydroxylation is 1. The molecule has 1 aromatic carbocycles. The molecule has 0 atom stereocenters. The zero-order valence-electron chi connectivity index (χ0n) is 11.5.